The number of fused-ring (bicyclic) bond motifs is 3. The molecule has 0 amide bonds. The van der Waals surface area contributed by atoms with Crippen LogP contribution < -0.4 is 0 Å². The SMILES string of the molecule is Cc1cc2c(oc3c(F)c(C)ccc32)c(F)c1C. The summed E-state index contributed by atoms with van der Waals surface area (Å²) in [6.45, 7) is 5.19. The monoisotopic (exact) mass is 246 g/mol. The second-order valence-electron chi connectivity index (χ2n) is 4.68. The van der Waals surface area contributed by atoms with Crippen molar-refractivity contribution in [1.29, 1.82) is 0 Å². The van der Waals surface area contributed by atoms with Gasteiger partial charge < -0.3 is 4.42 Å². The number of halogens is 2. The van der Waals surface area contributed by atoms with Gasteiger partial charge in [-0.25, -0.2) is 8.78 Å². The second-order valence-corrected chi connectivity index (χ2v) is 4.68. The Morgan fingerprint density at radius 2 is 1.50 bits per heavy atom. The minimum Gasteiger partial charge on any atom is -0.450 e. The summed E-state index contributed by atoms with van der Waals surface area (Å²) in [4.78, 5) is 0. The molecule has 92 valence electrons. The highest BCUT2D eigenvalue weighted by atomic mass is 19.1. The molecule has 0 N–H and O–H groups in total. The highest BCUT2D eigenvalue weighted by Gasteiger charge is 2.17. The van der Waals surface area contributed by atoms with E-state index in [0.29, 0.717) is 21.9 Å². The van der Waals surface area contributed by atoms with Crippen molar-refractivity contribution in [3.8, 4) is 0 Å². The van der Waals surface area contributed by atoms with Gasteiger partial charge >= 0.3 is 0 Å². The Balaban J connectivity index is 2.59. The number of benzene rings is 2. The van der Waals surface area contributed by atoms with Crippen LogP contribution >= 0.6 is 0 Å². The molecule has 2 aromatic carbocycles. The van der Waals surface area contributed by atoms with Crippen LogP contribution in [0.5, 0.6) is 0 Å². The van der Waals surface area contributed by atoms with Crippen molar-refractivity contribution in [2.75, 3.05) is 0 Å². The molecule has 18 heavy (non-hydrogen) atoms. The second kappa shape index (κ2) is 3.55. The highest BCUT2D eigenvalue weighted by molar-refractivity contribution is 6.05. The largest absolute Gasteiger partial charge is 0.450 e. The molecule has 0 aliphatic rings. The van der Waals surface area contributed by atoms with Crippen molar-refractivity contribution in [2.45, 2.75) is 20.8 Å². The predicted molar refractivity (Wildman–Crippen MR) is 67.8 cm³/mol. The van der Waals surface area contributed by atoms with E-state index in [9.17, 15) is 8.78 Å². The van der Waals surface area contributed by atoms with Crippen LogP contribution in [0.3, 0.4) is 0 Å². The molecule has 0 bridgehead atoms. The molecule has 0 aliphatic heterocycles. The van der Waals surface area contributed by atoms with Crippen molar-refractivity contribution in [2.24, 2.45) is 0 Å². The quantitative estimate of drug-likeness (QED) is 0.556. The standard InChI is InChI=1S/C15H12F2O/c1-7-4-5-10-11-6-8(2)9(3)13(17)15(11)18-14(10)12(7)16/h4-6H,1-3H3. The summed E-state index contributed by atoms with van der Waals surface area (Å²) >= 11 is 0. The highest BCUT2D eigenvalue weighted by Crippen LogP contribution is 2.35. The van der Waals surface area contributed by atoms with Gasteiger partial charge in [0.05, 0.1) is 0 Å². The Morgan fingerprint density at radius 3 is 2.22 bits per heavy atom. The lowest BCUT2D eigenvalue weighted by Gasteiger charge is -2.01. The summed E-state index contributed by atoms with van der Waals surface area (Å²) in [5.41, 5.74) is 2.14. The van der Waals surface area contributed by atoms with Crippen LogP contribution in [0, 0.1) is 32.4 Å². The molecule has 0 unspecified atom stereocenters. The van der Waals surface area contributed by atoms with Gasteiger partial charge in [-0.3, -0.25) is 0 Å². The molecule has 0 fully saturated rings. The molecular weight excluding hydrogens is 234 g/mol. The maximum absolute atomic E-state index is 14.1. The zero-order chi connectivity index (χ0) is 13.0. The van der Waals surface area contributed by atoms with Crippen molar-refractivity contribution in [3.63, 3.8) is 0 Å². The van der Waals surface area contributed by atoms with E-state index in [0.717, 1.165) is 5.56 Å². The van der Waals surface area contributed by atoms with Crippen LogP contribution in [0.1, 0.15) is 16.7 Å². The van der Waals surface area contributed by atoms with Crippen LogP contribution in [0.2, 0.25) is 0 Å². The number of furan rings is 1. The van der Waals surface area contributed by atoms with Gasteiger partial charge in [0, 0.05) is 10.8 Å². The first-order valence-electron chi connectivity index (χ1n) is 5.77. The van der Waals surface area contributed by atoms with E-state index in [-0.39, 0.29) is 11.2 Å². The molecule has 3 rings (SSSR count). The summed E-state index contributed by atoms with van der Waals surface area (Å²) in [5.74, 6) is -0.823. The maximum atomic E-state index is 14.1. The lowest BCUT2D eigenvalue weighted by atomic mass is 10.0. The van der Waals surface area contributed by atoms with Crippen molar-refractivity contribution in [3.05, 3.63) is 46.5 Å². The molecule has 0 radical (unpaired) electrons. The fourth-order valence-corrected chi connectivity index (χ4v) is 2.22. The first-order chi connectivity index (χ1) is 8.50. The maximum Gasteiger partial charge on any atom is 0.171 e. The molecule has 0 spiro atoms. The third-order valence-corrected chi connectivity index (χ3v) is 3.51. The zero-order valence-electron chi connectivity index (χ0n) is 10.4. The lowest BCUT2D eigenvalue weighted by Crippen LogP contribution is -1.87. The minimum atomic E-state index is -0.418. The van der Waals surface area contributed by atoms with Gasteiger partial charge in [0.15, 0.2) is 22.8 Å². The first kappa shape index (κ1) is 11.2. The van der Waals surface area contributed by atoms with Crippen LogP contribution in [0.25, 0.3) is 21.9 Å². The lowest BCUT2D eigenvalue weighted by molar-refractivity contribution is 0.551. The Hall–Kier alpha value is -1.90. The third-order valence-electron chi connectivity index (χ3n) is 3.51. The van der Waals surface area contributed by atoms with E-state index in [4.69, 9.17) is 4.42 Å². The van der Waals surface area contributed by atoms with Crippen molar-refractivity contribution < 1.29 is 13.2 Å². The van der Waals surface area contributed by atoms with Crippen LogP contribution in [0.15, 0.2) is 22.6 Å². The summed E-state index contributed by atoms with van der Waals surface area (Å²) < 4.78 is 33.4. The van der Waals surface area contributed by atoms with Gasteiger partial charge in [-0.2, -0.15) is 0 Å². The van der Waals surface area contributed by atoms with E-state index >= 15 is 0 Å². The van der Waals surface area contributed by atoms with Gasteiger partial charge in [0.2, 0.25) is 0 Å². The first-order valence-corrected chi connectivity index (χ1v) is 5.77. The summed E-state index contributed by atoms with van der Waals surface area (Å²) in [5, 5.41) is 1.25. The molecule has 0 saturated heterocycles. The van der Waals surface area contributed by atoms with E-state index in [2.05, 4.69) is 0 Å². The number of aryl methyl sites for hydroxylation is 2. The molecule has 0 saturated carbocycles. The summed E-state index contributed by atoms with van der Waals surface area (Å²) in [6, 6.07) is 5.29. The van der Waals surface area contributed by atoms with Gasteiger partial charge in [-0.05, 0) is 43.5 Å². The van der Waals surface area contributed by atoms with Gasteiger partial charge in [0.1, 0.15) is 0 Å². The molecule has 0 atom stereocenters. The number of hydrogen-bond acceptors (Lipinski definition) is 1. The predicted octanol–water partition coefficient (Wildman–Crippen LogP) is 4.79. The molecule has 1 nitrogen and oxygen atoms in total. The molecule has 3 aromatic rings. The molecule has 3 heteroatoms. The fraction of sp³-hybridized carbons (Fsp3) is 0.200. The van der Waals surface area contributed by atoms with Gasteiger partial charge in [-0.15, -0.1) is 0 Å². The van der Waals surface area contributed by atoms with E-state index in [1.54, 1.807) is 26.0 Å². The fourth-order valence-electron chi connectivity index (χ4n) is 2.22. The molecule has 1 aromatic heterocycles. The molecular formula is C15H12F2O. The summed E-state index contributed by atoms with van der Waals surface area (Å²) in [7, 11) is 0. The molecule has 0 aliphatic carbocycles. The molecule has 1 heterocycles. The summed E-state index contributed by atoms with van der Waals surface area (Å²) in [6.07, 6.45) is 0. The van der Waals surface area contributed by atoms with E-state index in [1.165, 1.54) is 0 Å². The Kier molecular flexibility index (Phi) is 2.21. The topological polar surface area (TPSA) is 13.1 Å². The number of hydrogen-bond donors (Lipinski definition) is 0. The number of rotatable bonds is 0. The van der Waals surface area contributed by atoms with Gasteiger partial charge in [0.25, 0.3) is 0 Å². The van der Waals surface area contributed by atoms with Crippen molar-refractivity contribution in [1.82, 2.24) is 0 Å². The third kappa shape index (κ3) is 1.30. The smallest absolute Gasteiger partial charge is 0.171 e. The van der Waals surface area contributed by atoms with E-state index in [1.807, 2.05) is 13.0 Å². The normalized spacial score (nSPS) is 11.6. The van der Waals surface area contributed by atoms with E-state index < -0.39 is 11.6 Å². The Labute approximate surface area is 103 Å². The zero-order valence-corrected chi connectivity index (χ0v) is 10.4. The van der Waals surface area contributed by atoms with Crippen LogP contribution in [-0.4, -0.2) is 0 Å². The van der Waals surface area contributed by atoms with Crippen LogP contribution in [-0.2, 0) is 0 Å². The Bertz CT molecular complexity index is 784. The minimum absolute atomic E-state index is 0.133. The average molecular weight is 246 g/mol. The van der Waals surface area contributed by atoms with Crippen LogP contribution in [0.4, 0.5) is 8.78 Å². The Morgan fingerprint density at radius 1 is 0.833 bits per heavy atom. The van der Waals surface area contributed by atoms with Gasteiger partial charge in [-0.1, -0.05) is 12.1 Å². The van der Waals surface area contributed by atoms with Crippen molar-refractivity contribution >= 4 is 21.9 Å². The average Bonchev–Trinajstić information content (AvgIpc) is 2.71.